The number of benzene rings is 3. The van der Waals surface area contributed by atoms with Crippen molar-refractivity contribution >= 4 is 0 Å². The van der Waals surface area contributed by atoms with Crippen LogP contribution in [-0.4, -0.2) is 27.4 Å². The van der Waals surface area contributed by atoms with E-state index >= 15 is 0 Å². The van der Waals surface area contributed by atoms with E-state index in [1.54, 1.807) is 14.2 Å². The van der Waals surface area contributed by atoms with Crippen LogP contribution in [0.2, 0.25) is 0 Å². The van der Waals surface area contributed by atoms with Crippen molar-refractivity contribution < 1.29 is 19.3 Å². The highest BCUT2D eigenvalue weighted by Gasteiger charge is 2.37. The summed E-state index contributed by atoms with van der Waals surface area (Å²) in [6.07, 6.45) is 3.55. The molecule has 0 fully saturated rings. The number of unbranched alkanes of at least 4 members (excludes halogenated alkanes) is 3. The van der Waals surface area contributed by atoms with E-state index in [-0.39, 0.29) is 6.61 Å². The third-order valence-corrected chi connectivity index (χ3v) is 5.53. The molecule has 0 bridgehead atoms. The highest BCUT2D eigenvalue weighted by Crippen LogP contribution is 2.41. The number of rotatable bonds is 12. The molecule has 0 amide bonds. The molecular weight excluding hydrogens is 388 g/mol. The lowest BCUT2D eigenvalue weighted by molar-refractivity contribution is 0.0104. The van der Waals surface area contributed by atoms with Gasteiger partial charge in [0.05, 0.1) is 20.8 Å². The van der Waals surface area contributed by atoms with Crippen LogP contribution in [0.5, 0.6) is 11.5 Å². The van der Waals surface area contributed by atoms with Crippen molar-refractivity contribution in [2.75, 3.05) is 27.4 Å². The minimum atomic E-state index is -0.766. The summed E-state index contributed by atoms with van der Waals surface area (Å²) in [7, 11) is 3.34. The molecule has 0 saturated heterocycles. The number of ether oxygens (including phenoxy) is 3. The SMILES string of the molecule is COc1ccc(C(OCCCCCC[O])(c2ccccc2)c2ccc(OC)cc2)cc1. The van der Waals surface area contributed by atoms with E-state index in [0.29, 0.717) is 6.61 Å². The molecule has 0 aliphatic heterocycles. The van der Waals surface area contributed by atoms with Crippen molar-refractivity contribution in [2.24, 2.45) is 0 Å². The Hall–Kier alpha value is -2.82. The second kappa shape index (κ2) is 11.5. The van der Waals surface area contributed by atoms with Gasteiger partial charge < -0.3 is 14.2 Å². The Morgan fingerprint density at radius 1 is 0.613 bits per heavy atom. The standard InChI is InChI=1S/C27H31O4/c1-29-25-16-12-23(13-17-25)27(22-10-6-5-7-11-22,31-21-9-4-3-8-20-28)24-14-18-26(30-2)19-15-24/h5-7,10-19H,3-4,8-9,20-21H2,1-2H3. The van der Waals surface area contributed by atoms with Crippen LogP contribution in [0.3, 0.4) is 0 Å². The summed E-state index contributed by atoms with van der Waals surface area (Å²) in [5, 5.41) is 10.7. The molecule has 3 aromatic rings. The second-order valence-electron chi connectivity index (χ2n) is 7.47. The molecule has 0 heterocycles. The first-order valence-electron chi connectivity index (χ1n) is 10.8. The van der Waals surface area contributed by atoms with E-state index in [1.165, 1.54) is 0 Å². The molecule has 4 nitrogen and oxygen atoms in total. The zero-order chi connectivity index (χ0) is 21.9. The maximum atomic E-state index is 10.7. The minimum Gasteiger partial charge on any atom is -0.497 e. The highest BCUT2D eigenvalue weighted by atomic mass is 16.5. The summed E-state index contributed by atoms with van der Waals surface area (Å²) < 4.78 is 17.5. The third-order valence-electron chi connectivity index (χ3n) is 5.53. The Bertz CT molecular complexity index is 841. The van der Waals surface area contributed by atoms with Crippen LogP contribution in [0.1, 0.15) is 42.4 Å². The molecule has 0 aliphatic carbocycles. The summed E-state index contributed by atoms with van der Waals surface area (Å²) in [5.41, 5.74) is 2.36. The van der Waals surface area contributed by atoms with Crippen LogP contribution in [0.4, 0.5) is 0 Å². The Morgan fingerprint density at radius 3 is 1.58 bits per heavy atom. The maximum absolute atomic E-state index is 10.7. The highest BCUT2D eigenvalue weighted by molar-refractivity contribution is 5.49. The first-order chi connectivity index (χ1) is 15.2. The summed E-state index contributed by atoms with van der Waals surface area (Å²) >= 11 is 0. The van der Waals surface area contributed by atoms with E-state index in [4.69, 9.17) is 14.2 Å². The van der Waals surface area contributed by atoms with Gasteiger partial charge in [-0.1, -0.05) is 67.4 Å². The van der Waals surface area contributed by atoms with Crippen molar-refractivity contribution in [3.05, 3.63) is 95.6 Å². The number of methoxy groups -OCH3 is 2. The topological polar surface area (TPSA) is 47.6 Å². The first-order valence-corrected chi connectivity index (χ1v) is 10.8. The fourth-order valence-corrected chi connectivity index (χ4v) is 3.86. The Labute approximate surface area is 185 Å². The van der Waals surface area contributed by atoms with Gasteiger partial charge >= 0.3 is 0 Å². The lowest BCUT2D eigenvalue weighted by Gasteiger charge is -2.36. The number of hydrogen-bond donors (Lipinski definition) is 0. The average Bonchev–Trinajstić information content (AvgIpc) is 2.85. The Morgan fingerprint density at radius 2 is 1.10 bits per heavy atom. The Balaban J connectivity index is 2.05. The van der Waals surface area contributed by atoms with Gasteiger partial charge in [-0.2, -0.15) is 0 Å². The van der Waals surface area contributed by atoms with Crippen LogP contribution < -0.4 is 9.47 Å². The monoisotopic (exact) mass is 419 g/mol. The second-order valence-corrected chi connectivity index (χ2v) is 7.47. The van der Waals surface area contributed by atoms with Crippen LogP contribution in [0, 0.1) is 0 Å². The fraction of sp³-hybridized carbons (Fsp3) is 0.333. The molecule has 163 valence electrons. The minimum absolute atomic E-state index is 0.00743. The zero-order valence-electron chi connectivity index (χ0n) is 18.4. The third kappa shape index (κ3) is 5.46. The van der Waals surface area contributed by atoms with Crippen molar-refractivity contribution in [2.45, 2.75) is 31.3 Å². The summed E-state index contributed by atoms with van der Waals surface area (Å²) in [5.74, 6) is 1.61. The molecule has 0 atom stereocenters. The van der Waals surface area contributed by atoms with Crippen LogP contribution in [0.25, 0.3) is 0 Å². The van der Waals surface area contributed by atoms with Gasteiger partial charge in [0.15, 0.2) is 0 Å². The lowest BCUT2D eigenvalue weighted by atomic mass is 9.80. The van der Waals surface area contributed by atoms with E-state index in [1.807, 2.05) is 42.5 Å². The van der Waals surface area contributed by atoms with E-state index in [0.717, 1.165) is 53.9 Å². The smallest absolute Gasteiger partial charge is 0.143 e. The van der Waals surface area contributed by atoms with Gasteiger partial charge in [0.2, 0.25) is 0 Å². The molecule has 0 saturated carbocycles. The molecule has 1 radical (unpaired) electrons. The summed E-state index contributed by atoms with van der Waals surface area (Å²) in [4.78, 5) is 0. The molecular formula is C27H31O4. The predicted molar refractivity (Wildman–Crippen MR) is 122 cm³/mol. The normalized spacial score (nSPS) is 11.3. The molecule has 3 aromatic carbocycles. The first kappa shape index (κ1) is 22.9. The van der Waals surface area contributed by atoms with Gasteiger partial charge in [0.1, 0.15) is 17.1 Å². The molecule has 0 unspecified atom stereocenters. The van der Waals surface area contributed by atoms with Gasteiger partial charge in [-0.15, -0.1) is 0 Å². The lowest BCUT2D eigenvalue weighted by Crippen LogP contribution is -2.33. The van der Waals surface area contributed by atoms with Crippen molar-refractivity contribution in [1.29, 1.82) is 0 Å². The van der Waals surface area contributed by atoms with Gasteiger partial charge in [0.25, 0.3) is 0 Å². The van der Waals surface area contributed by atoms with Crippen LogP contribution >= 0.6 is 0 Å². The van der Waals surface area contributed by atoms with Gasteiger partial charge in [-0.05, 0) is 53.8 Å². The van der Waals surface area contributed by atoms with Gasteiger partial charge in [-0.3, -0.25) is 0 Å². The number of hydrogen-bond acceptors (Lipinski definition) is 3. The molecule has 0 aromatic heterocycles. The van der Waals surface area contributed by atoms with Crippen molar-refractivity contribution in [3.8, 4) is 11.5 Å². The maximum Gasteiger partial charge on any atom is 0.143 e. The molecule has 3 rings (SSSR count). The van der Waals surface area contributed by atoms with Gasteiger partial charge in [0, 0.05) is 6.61 Å². The average molecular weight is 420 g/mol. The van der Waals surface area contributed by atoms with E-state index in [2.05, 4.69) is 36.4 Å². The molecule has 31 heavy (non-hydrogen) atoms. The predicted octanol–water partition coefficient (Wildman–Crippen LogP) is 6.00. The summed E-state index contributed by atoms with van der Waals surface area (Å²) in [6, 6.07) is 26.4. The fourth-order valence-electron chi connectivity index (χ4n) is 3.86. The van der Waals surface area contributed by atoms with Crippen LogP contribution in [-0.2, 0) is 15.4 Å². The van der Waals surface area contributed by atoms with Crippen molar-refractivity contribution in [3.63, 3.8) is 0 Å². The summed E-state index contributed by atoms with van der Waals surface area (Å²) in [6.45, 7) is 0.582. The quantitative estimate of drug-likeness (QED) is 0.267. The molecule has 4 heteroatoms. The van der Waals surface area contributed by atoms with Crippen LogP contribution in [0.15, 0.2) is 78.9 Å². The molecule has 0 N–H and O–H groups in total. The largest absolute Gasteiger partial charge is 0.497 e. The molecule has 0 aliphatic rings. The van der Waals surface area contributed by atoms with E-state index in [9.17, 15) is 5.11 Å². The zero-order valence-corrected chi connectivity index (χ0v) is 18.4. The van der Waals surface area contributed by atoms with Crippen molar-refractivity contribution in [1.82, 2.24) is 0 Å². The van der Waals surface area contributed by atoms with Gasteiger partial charge in [-0.25, -0.2) is 5.11 Å². The van der Waals surface area contributed by atoms with E-state index < -0.39 is 5.60 Å². The molecule has 0 spiro atoms. The Kier molecular flexibility index (Phi) is 8.51.